The zero-order chi connectivity index (χ0) is 40.7. The summed E-state index contributed by atoms with van der Waals surface area (Å²) in [6.45, 7) is 8.69. The molecule has 0 unspecified atom stereocenters. The minimum Gasteiger partial charge on any atom is -0.310 e. The molecule has 4 heteroatoms. The highest BCUT2D eigenvalue weighted by atomic mass is 15.1. The Kier molecular flexibility index (Phi) is 9.38. The Morgan fingerprint density at radius 2 is 0.933 bits per heavy atom. The van der Waals surface area contributed by atoms with Crippen LogP contribution in [0.15, 0.2) is 194 Å². The topological polar surface area (TPSA) is 34.0 Å². The second-order valence-electron chi connectivity index (χ2n) is 15.8. The first-order valence-corrected chi connectivity index (χ1v) is 20.6. The van der Waals surface area contributed by atoms with E-state index in [0.717, 1.165) is 56.7 Å². The Bertz CT molecular complexity index is 3050. The molecule has 10 aromatic rings. The van der Waals surface area contributed by atoms with Crippen LogP contribution in [0.3, 0.4) is 0 Å². The second kappa shape index (κ2) is 15.3. The van der Waals surface area contributed by atoms with Crippen molar-refractivity contribution >= 4 is 38.9 Å². The van der Waals surface area contributed by atoms with Crippen molar-refractivity contribution in [1.29, 1.82) is 0 Å². The van der Waals surface area contributed by atoms with Crippen molar-refractivity contribution in [1.82, 2.24) is 14.5 Å². The summed E-state index contributed by atoms with van der Waals surface area (Å²) in [5.74, 6) is 0.727. The number of para-hydroxylation sites is 3. The minimum atomic E-state index is 0.727. The summed E-state index contributed by atoms with van der Waals surface area (Å²) >= 11 is 0. The van der Waals surface area contributed by atoms with Crippen LogP contribution in [0.4, 0.5) is 17.1 Å². The van der Waals surface area contributed by atoms with Crippen molar-refractivity contribution in [2.45, 2.75) is 27.7 Å². The van der Waals surface area contributed by atoms with Gasteiger partial charge in [0.1, 0.15) is 0 Å². The fourth-order valence-electron chi connectivity index (χ4n) is 8.77. The van der Waals surface area contributed by atoms with Crippen LogP contribution in [0.5, 0.6) is 0 Å². The lowest BCUT2D eigenvalue weighted by molar-refractivity contribution is 1.16. The van der Waals surface area contributed by atoms with Gasteiger partial charge in [-0.15, -0.1) is 0 Å². The van der Waals surface area contributed by atoms with Crippen LogP contribution in [0.25, 0.3) is 72.5 Å². The van der Waals surface area contributed by atoms with E-state index < -0.39 is 0 Å². The van der Waals surface area contributed by atoms with Crippen molar-refractivity contribution in [3.63, 3.8) is 0 Å². The summed E-state index contributed by atoms with van der Waals surface area (Å²) in [6, 6.07) is 69.4. The Hall–Kier alpha value is -7.56. The Labute approximate surface area is 351 Å². The summed E-state index contributed by atoms with van der Waals surface area (Å²) in [5.41, 5.74) is 19.1. The lowest BCUT2D eigenvalue weighted by Gasteiger charge is -2.25. The average molecular weight is 773 g/mol. The zero-order valence-corrected chi connectivity index (χ0v) is 34.3. The molecule has 0 spiro atoms. The molecule has 60 heavy (non-hydrogen) atoms. The molecule has 10 rings (SSSR count). The van der Waals surface area contributed by atoms with Gasteiger partial charge in [-0.25, -0.2) is 9.97 Å². The lowest BCUT2D eigenvalue weighted by atomic mass is 9.93. The Balaban J connectivity index is 1.03. The predicted octanol–water partition coefficient (Wildman–Crippen LogP) is 14.9. The van der Waals surface area contributed by atoms with Gasteiger partial charge >= 0.3 is 0 Å². The van der Waals surface area contributed by atoms with E-state index in [1.165, 1.54) is 55.2 Å². The molecule has 0 saturated carbocycles. The van der Waals surface area contributed by atoms with Crippen molar-refractivity contribution in [3.8, 4) is 50.7 Å². The molecule has 0 saturated heterocycles. The fraction of sp³-hybridized carbons (Fsp3) is 0.0714. The van der Waals surface area contributed by atoms with Gasteiger partial charge in [-0.3, -0.25) is 0 Å². The second-order valence-corrected chi connectivity index (χ2v) is 15.8. The third-order valence-corrected chi connectivity index (χ3v) is 11.5. The number of rotatable bonds is 8. The van der Waals surface area contributed by atoms with Gasteiger partial charge in [-0.1, -0.05) is 126 Å². The number of aromatic nitrogens is 3. The van der Waals surface area contributed by atoms with E-state index in [9.17, 15) is 0 Å². The van der Waals surface area contributed by atoms with E-state index >= 15 is 0 Å². The lowest BCUT2D eigenvalue weighted by Crippen LogP contribution is -2.09. The van der Waals surface area contributed by atoms with Gasteiger partial charge in [0.25, 0.3) is 0 Å². The van der Waals surface area contributed by atoms with Crippen LogP contribution in [-0.2, 0) is 0 Å². The molecule has 0 radical (unpaired) electrons. The first-order chi connectivity index (χ1) is 29.4. The van der Waals surface area contributed by atoms with Crippen molar-refractivity contribution in [2.24, 2.45) is 0 Å². The Morgan fingerprint density at radius 3 is 1.58 bits per heavy atom. The standard InChI is InChI=1S/C56H44N4/c1-37-15-13-17-43(31-37)52-36-51(57-56(58-52)44-18-14-16-38(2)32-44)41-25-27-42(28-26-41)55-39(3)33-48(34-40(55)4)60-53-24-12-11-23-49(53)50-35-47(29-30-54(50)60)59(45-19-7-5-8-20-45)46-21-9-6-10-22-46/h5-36H,1-4H3. The van der Waals surface area contributed by atoms with Crippen molar-refractivity contribution < 1.29 is 0 Å². The van der Waals surface area contributed by atoms with E-state index in [0.29, 0.717) is 0 Å². The molecule has 0 N–H and O–H groups in total. The molecule has 288 valence electrons. The highest BCUT2D eigenvalue weighted by molar-refractivity contribution is 6.10. The highest BCUT2D eigenvalue weighted by Crippen LogP contribution is 2.41. The van der Waals surface area contributed by atoms with Gasteiger partial charge in [-0.2, -0.15) is 0 Å². The van der Waals surface area contributed by atoms with E-state index in [4.69, 9.17) is 9.97 Å². The van der Waals surface area contributed by atoms with E-state index in [1.54, 1.807) is 0 Å². The number of fused-ring (bicyclic) bond motifs is 3. The molecular formula is C56H44N4. The molecule has 0 fully saturated rings. The monoisotopic (exact) mass is 772 g/mol. The summed E-state index contributed by atoms with van der Waals surface area (Å²) in [5, 5.41) is 2.45. The largest absolute Gasteiger partial charge is 0.310 e. The molecule has 0 amide bonds. The molecule has 2 heterocycles. The van der Waals surface area contributed by atoms with Crippen LogP contribution >= 0.6 is 0 Å². The van der Waals surface area contributed by atoms with E-state index in [-0.39, 0.29) is 0 Å². The van der Waals surface area contributed by atoms with Crippen LogP contribution in [0.1, 0.15) is 22.3 Å². The quantitative estimate of drug-likeness (QED) is 0.154. The molecule has 4 nitrogen and oxygen atoms in total. The normalized spacial score (nSPS) is 11.3. The summed E-state index contributed by atoms with van der Waals surface area (Å²) in [7, 11) is 0. The molecule has 0 aliphatic heterocycles. The maximum Gasteiger partial charge on any atom is 0.160 e. The van der Waals surface area contributed by atoms with Gasteiger partial charge in [0.05, 0.1) is 22.4 Å². The third kappa shape index (κ3) is 6.82. The maximum absolute atomic E-state index is 5.12. The van der Waals surface area contributed by atoms with Crippen LogP contribution in [0.2, 0.25) is 0 Å². The smallest absolute Gasteiger partial charge is 0.160 e. The first kappa shape index (κ1) is 36.8. The number of hydrogen-bond donors (Lipinski definition) is 0. The van der Waals surface area contributed by atoms with E-state index in [2.05, 4.69) is 231 Å². The maximum atomic E-state index is 5.12. The van der Waals surface area contributed by atoms with Crippen LogP contribution in [0, 0.1) is 27.7 Å². The highest BCUT2D eigenvalue weighted by Gasteiger charge is 2.19. The SMILES string of the molecule is Cc1cccc(-c2cc(-c3ccc(-c4c(C)cc(-n5c6ccccc6c6cc(N(c7ccccc7)c7ccccc7)ccc65)cc4C)cc3)nc(-c3cccc(C)c3)n2)c1. The van der Waals surface area contributed by atoms with Gasteiger partial charge in [0.2, 0.25) is 0 Å². The molecule has 2 aromatic heterocycles. The number of nitrogens with zero attached hydrogens (tertiary/aromatic N) is 4. The fourth-order valence-corrected chi connectivity index (χ4v) is 8.77. The average Bonchev–Trinajstić information content (AvgIpc) is 3.61. The van der Waals surface area contributed by atoms with Gasteiger partial charge < -0.3 is 9.47 Å². The summed E-state index contributed by atoms with van der Waals surface area (Å²) < 4.78 is 2.42. The summed E-state index contributed by atoms with van der Waals surface area (Å²) in [4.78, 5) is 12.5. The third-order valence-electron chi connectivity index (χ3n) is 11.5. The van der Waals surface area contributed by atoms with Crippen LogP contribution in [-0.4, -0.2) is 14.5 Å². The number of aryl methyl sites for hydroxylation is 4. The number of hydrogen-bond acceptors (Lipinski definition) is 3. The molecule has 0 aliphatic rings. The van der Waals surface area contributed by atoms with Crippen molar-refractivity contribution in [2.75, 3.05) is 4.90 Å². The first-order valence-electron chi connectivity index (χ1n) is 20.6. The molecule has 8 aromatic carbocycles. The minimum absolute atomic E-state index is 0.727. The number of benzene rings is 8. The van der Waals surface area contributed by atoms with E-state index in [1.807, 2.05) is 0 Å². The van der Waals surface area contributed by atoms with Crippen molar-refractivity contribution in [3.05, 3.63) is 216 Å². The number of anilines is 3. The van der Waals surface area contributed by atoms with Crippen LogP contribution < -0.4 is 4.90 Å². The molecule has 0 aliphatic carbocycles. The predicted molar refractivity (Wildman–Crippen MR) is 252 cm³/mol. The molecule has 0 atom stereocenters. The van der Waals surface area contributed by atoms with Gasteiger partial charge in [0, 0.05) is 50.2 Å². The molecule has 0 bridgehead atoms. The Morgan fingerprint density at radius 1 is 0.383 bits per heavy atom. The van der Waals surface area contributed by atoms with Gasteiger partial charge in [0.15, 0.2) is 5.82 Å². The van der Waals surface area contributed by atoms with Gasteiger partial charge in [-0.05, 0) is 129 Å². The summed E-state index contributed by atoms with van der Waals surface area (Å²) in [6.07, 6.45) is 0. The molecular weight excluding hydrogens is 729 g/mol. The zero-order valence-electron chi connectivity index (χ0n) is 34.3.